The van der Waals surface area contributed by atoms with Gasteiger partial charge in [-0.25, -0.2) is 17.6 Å². The number of ether oxygens (including phenoxy) is 1. The summed E-state index contributed by atoms with van der Waals surface area (Å²) in [5.41, 5.74) is -0.713. The molecule has 106 valence electrons. The van der Waals surface area contributed by atoms with Crippen molar-refractivity contribution in [3.8, 4) is 0 Å². The van der Waals surface area contributed by atoms with E-state index in [2.05, 4.69) is 0 Å². The van der Waals surface area contributed by atoms with Crippen LogP contribution in [-0.2, 0) is 13.8 Å². The van der Waals surface area contributed by atoms with Gasteiger partial charge in [0.2, 0.25) is 9.05 Å². The second-order valence-corrected chi connectivity index (χ2v) is 8.22. The van der Waals surface area contributed by atoms with Crippen molar-refractivity contribution < 1.29 is 22.3 Å². The molecule has 0 aliphatic carbocycles. The fraction of sp³-hybridized carbons (Fsp3) is 0.900. The molecule has 0 bridgehead atoms. The van der Waals surface area contributed by atoms with Crippen LogP contribution in [0.1, 0.15) is 27.2 Å². The molecule has 0 unspecified atom stereocenters. The van der Waals surface area contributed by atoms with Crippen LogP contribution in [0.25, 0.3) is 0 Å². The van der Waals surface area contributed by atoms with Crippen LogP contribution in [0.5, 0.6) is 0 Å². The second-order valence-electron chi connectivity index (χ2n) is 5.32. The first-order valence-electron chi connectivity index (χ1n) is 5.54. The Balaban J connectivity index is 2.75. The quantitative estimate of drug-likeness (QED) is 0.694. The number of rotatable bonds is 1. The van der Waals surface area contributed by atoms with Crippen LogP contribution in [-0.4, -0.2) is 49.5 Å². The first-order valence-corrected chi connectivity index (χ1v) is 7.92. The Morgan fingerprint density at radius 3 is 2.39 bits per heavy atom. The van der Waals surface area contributed by atoms with E-state index in [1.165, 1.54) is 0 Å². The molecule has 1 aliphatic heterocycles. The highest BCUT2D eigenvalue weighted by molar-refractivity contribution is 8.14. The molecule has 1 saturated heterocycles. The SMILES string of the molecule is CC(C)(C)OC(=O)N1C[C@@H](F)C[C@@H](S(=O)(=O)Cl)C1. The van der Waals surface area contributed by atoms with E-state index in [0.29, 0.717) is 0 Å². The highest BCUT2D eigenvalue weighted by Gasteiger charge is 2.37. The normalized spacial score (nSPS) is 25.9. The van der Waals surface area contributed by atoms with Crippen LogP contribution >= 0.6 is 10.7 Å². The number of likely N-dealkylation sites (tertiary alicyclic amines) is 1. The second kappa shape index (κ2) is 5.21. The molecule has 1 heterocycles. The van der Waals surface area contributed by atoms with Crippen LogP contribution in [0.2, 0.25) is 0 Å². The van der Waals surface area contributed by atoms with Gasteiger partial charge >= 0.3 is 6.09 Å². The van der Waals surface area contributed by atoms with Crippen LogP contribution in [0, 0.1) is 0 Å². The monoisotopic (exact) mass is 301 g/mol. The number of nitrogens with zero attached hydrogens (tertiary/aromatic N) is 1. The number of piperidine rings is 1. The molecule has 1 fully saturated rings. The first-order chi connectivity index (χ1) is 7.99. The molecule has 1 amide bonds. The molecule has 5 nitrogen and oxygen atoms in total. The van der Waals surface area contributed by atoms with Crippen LogP contribution in [0.3, 0.4) is 0 Å². The average molecular weight is 302 g/mol. The standard InChI is InChI=1S/C10H17ClFNO4S/c1-10(2,3)17-9(14)13-5-7(12)4-8(6-13)18(11,15)16/h7-8H,4-6H2,1-3H3/t7-,8+/m0/s1. The molecule has 1 rings (SSSR count). The summed E-state index contributed by atoms with van der Waals surface area (Å²) in [5, 5.41) is -1.09. The molecule has 1 aliphatic rings. The zero-order chi connectivity index (χ0) is 14.1. The van der Waals surface area contributed by atoms with E-state index in [4.69, 9.17) is 15.4 Å². The maximum atomic E-state index is 13.4. The van der Waals surface area contributed by atoms with Crippen LogP contribution in [0.4, 0.5) is 9.18 Å². The lowest BCUT2D eigenvalue weighted by Crippen LogP contribution is -2.50. The molecule has 8 heteroatoms. The van der Waals surface area contributed by atoms with Gasteiger partial charge in [0, 0.05) is 17.2 Å². The van der Waals surface area contributed by atoms with E-state index in [1.54, 1.807) is 20.8 Å². The number of halogens is 2. The predicted octanol–water partition coefficient (Wildman–Crippen LogP) is 1.90. The van der Waals surface area contributed by atoms with Crippen LogP contribution < -0.4 is 0 Å². The molecular formula is C10H17ClFNO4S. The molecule has 18 heavy (non-hydrogen) atoms. The topological polar surface area (TPSA) is 63.7 Å². The Bertz CT molecular complexity index is 420. The number of carbonyl (C=O) groups excluding carboxylic acids is 1. The fourth-order valence-corrected chi connectivity index (χ4v) is 2.86. The summed E-state index contributed by atoms with van der Waals surface area (Å²) in [7, 11) is 1.32. The van der Waals surface area contributed by atoms with E-state index in [9.17, 15) is 17.6 Å². The van der Waals surface area contributed by atoms with Gasteiger partial charge in [0.15, 0.2) is 0 Å². The molecule has 0 aromatic heterocycles. The minimum absolute atomic E-state index is 0.138. The van der Waals surface area contributed by atoms with Gasteiger partial charge in [0.1, 0.15) is 11.8 Å². The highest BCUT2D eigenvalue weighted by atomic mass is 35.7. The van der Waals surface area contributed by atoms with Crippen molar-refractivity contribution in [3.05, 3.63) is 0 Å². The number of alkyl halides is 1. The zero-order valence-electron chi connectivity index (χ0n) is 10.5. The summed E-state index contributed by atoms with van der Waals surface area (Å²) in [6.45, 7) is 4.73. The third kappa shape index (κ3) is 4.61. The van der Waals surface area contributed by atoms with Crippen LogP contribution in [0.15, 0.2) is 0 Å². The van der Waals surface area contributed by atoms with Gasteiger partial charge in [0.25, 0.3) is 0 Å². The number of carbonyl (C=O) groups is 1. The van der Waals surface area contributed by atoms with Gasteiger partial charge in [-0.05, 0) is 27.2 Å². The third-order valence-electron chi connectivity index (χ3n) is 2.41. The lowest BCUT2D eigenvalue weighted by atomic mass is 10.1. The third-order valence-corrected chi connectivity index (χ3v) is 4.30. The minimum atomic E-state index is -3.89. The van der Waals surface area contributed by atoms with Gasteiger partial charge in [-0.1, -0.05) is 0 Å². The highest BCUT2D eigenvalue weighted by Crippen LogP contribution is 2.23. The molecule has 0 aromatic rings. The van der Waals surface area contributed by atoms with Crippen molar-refractivity contribution >= 4 is 25.8 Å². The van der Waals surface area contributed by atoms with Crippen molar-refractivity contribution in [1.29, 1.82) is 0 Å². The molecule has 0 saturated carbocycles. The van der Waals surface area contributed by atoms with Gasteiger partial charge in [-0.15, -0.1) is 0 Å². The van der Waals surface area contributed by atoms with E-state index in [-0.39, 0.29) is 19.5 Å². The van der Waals surface area contributed by atoms with E-state index in [0.717, 1.165) is 4.90 Å². The number of amides is 1. The van der Waals surface area contributed by atoms with Crippen molar-refractivity contribution in [2.45, 2.75) is 44.2 Å². The Morgan fingerprint density at radius 2 is 1.94 bits per heavy atom. The lowest BCUT2D eigenvalue weighted by molar-refractivity contribution is 0.0144. The van der Waals surface area contributed by atoms with Gasteiger partial charge in [-0.3, -0.25) is 0 Å². The van der Waals surface area contributed by atoms with Gasteiger partial charge < -0.3 is 9.64 Å². The Morgan fingerprint density at radius 1 is 1.39 bits per heavy atom. The van der Waals surface area contributed by atoms with Crippen molar-refractivity contribution in [2.75, 3.05) is 13.1 Å². The Labute approximate surface area is 111 Å². The Hall–Kier alpha value is -0.560. The lowest BCUT2D eigenvalue weighted by Gasteiger charge is -2.34. The summed E-state index contributed by atoms with van der Waals surface area (Å²) in [5.74, 6) is 0. The van der Waals surface area contributed by atoms with Crippen molar-refractivity contribution in [1.82, 2.24) is 4.90 Å². The van der Waals surface area contributed by atoms with Crippen molar-refractivity contribution in [3.63, 3.8) is 0 Å². The van der Waals surface area contributed by atoms with E-state index >= 15 is 0 Å². The minimum Gasteiger partial charge on any atom is -0.444 e. The summed E-state index contributed by atoms with van der Waals surface area (Å²) in [6.07, 6.45) is -2.33. The molecule has 0 N–H and O–H groups in total. The first kappa shape index (κ1) is 15.5. The summed E-state index contributed by atoms with van der Waals surface area (Å²) in [6, 6.07) is 0. The van der Waals surface area contributed by atoms with E-state index in [1.807, 2.05) is 0 Å². The largest absolute Gasteiger partial charge is 0.444 e. The maximum absolute atomic E-state index is 13.4. The summed E-state index contributed by atoms with van der Waals surface area (Å²) in [4.78, 5) is 12.8. The van der Waals surface area contributed by atoms with Gasteiger partial charge in [-0.2, -0.15) is 0 Å². The summed E-state index contributed by atoms with van der Waals surface area (Å²) >= 11 is 0. The number of hydrogen-bond donors (Lipinski definition) is 0. The molecular weight excluding hydrogens is 285 g/mol. The molecule has 2 atom stereocenters. The predicted molar refractivity (Wildman–Crippen MR) is 65.9 cm³/mol. The fourth-order valence-electron chi connectivity index (χ4n) is 1.67. The van der Waals surface area contributed by atoms with Gasteiger partial charge in [0.05, 0.1) is 11.8 Å². The molecule has 0 radical (unpaired) electrons. The molecule has 0 aromatic carbocycles. The smallest absolute Gasteiger partial charge is 0.410 e. The maximum Gasteiger partial charge on any atom is 0.410 e. The molecule has 0 spiro atoms. The zero-order valence-corrected chi connectivity index (χ0v) is 12.1. The summed E-state index contributed by atoms with van der Waals surface area (Å²) < 4.78 is 40.9. The number of hydrogen-bond acceptors (Lipinski definition) is 4. The van der Waals surface area contributed by atoms with Crippen molar-refractivity contribution in [2.24, 2.45) is 0 Å². The average Bonchev–Trinajstić information content (AvgIpc) is 2.12. The van der Waals surface area contributed by atoms with E-state index < -0.39 is 32.2 Å². The Kier molecular flexibility index (Phi) is 4.48.